The summed E-state index contributed by atoms with van der Waals surface area (Å²) in [5, 5.41) is 7.74. The van der Waals surface area contributed by atoms with E-state index in [2.05, 4.69) is 34.0 Å². The molecule has 0 aliphatic carbocycles. The Hall–Kier alpha value is -3.38. The van der Waals surface area contributed by atoms with Crippen LogP contribution in [-0.4, -0.2) is 86.2 Å². The molecule has 5 rings (SSSR count). The van der Waals surface area contributed by atoms with E-state index in [0.29, 0.717) is 66.2 Å². The number of hydrogen-bond acceptors (Lipinski definition) is 10. The number of hydrogen-bond donors (Lipinski definition) is 2. The highest BCUT2D eigenvalue weighted by molar-refractivity contribution is 6.41. The van der Waals surface area contributed by atoms with Gasteiger partial charge in [0.1, 0.15) is 23.1 Å². The molecule has 224 valence electrons. The summed E-state index contributed by atoms with van der Waals surface area (Å²) in [6.45, 7) is 7.94. The van der Waals surface area contributed by atoms with Crippen molar-refractivity contribution in [2.45, 2.75) is 37.5 Å². The van der Waals surface area contributed by atoms with Crippen molar-refractivity contribution in [3.05, 3.63) is 41.0 Å². The monoisotopic (exact) mass is 616 g/mol. The lowest BCUT2D eigenvalue weighted by Crippen LogP contribution is -2.52. The number of rotatable bonds is 9. The van der Waals surface area contributed by atoms with Crippen molar-refractivity contribution in [2.75, 3.05) is 57.8 Å². The Bertz CT molecular complexity index is 1480. The van der Waals surface area contributed by atoms with Gasteiger partial charge in [0.05, 0.1) is 65.8 Å². The number of amides is 1. The van der Waals surface area contributed by atoms with E-state index < -0.39 is 0 Å². The fraction of sp³-hybridized carbons (Fsp3) is 0.448. The highest BCUT2D eigenvalue weighted by Crippen LogP contribution is 2.46. The number of carbonyl (C=O) groups excluding carboxylic acids is 1. The minimum atomic E-state index is -0.337. The van der Waals surface area contributed by atoms with Crippen LogP contribution in [0, 0.1) is 0 Å². The maximum atomic E-state index is 12.0. The minimum Gasteiger partial charge on any atom is -0.495 e. The van der Waals surface area contributed by atoms with Gasteiger partial charge in [-0.2, -0.15) is 0 Å². The number of pyridine rings is 1. The zero-order valence-electron chi connectivity index (χ0n) is 24.0. The van der Waals surface area contributed by atoms with E-state index in [-0.39, 0.29) is 33.6 Å². The lowest BCUT2D eigenvalue weighted by Gasteiger charge is -2.33. The molecule has 4 heterocycles. The van der Waals surface area contributed by atoms with Gasteiger partial charge in [0.25, 0.3) is 0 Å². The van der Waals surface area contributed by atoms with Crippen LogP contribution in [0.5, 0.6) is 11.5 Å². The van der Waals surface area contributed by atoms with Gasteiger partial charge in [-0.1, -0.05) is 29.8 Å². The van der Waals surface area contributed by atoms with Gasteiger partial charge < -0.3 is 34.5 Å². The number of anilines is 2. The largest absolute Gasteiger partial charge is 0.495 e. The first-order chi connectivity index (χ1) is 20.2. The van der Waals surface area contributed by atoms with Crippen LogP contribution in [0.3, 0.4) is 0 Å². The molecule has 42 heavy (non-hydrogen) atoms. The summed E-state index contributed by atoms with van der Waals surface area (Å²) < 4.78 is 22.5. The van der Waals surface area contributed by atoms with E-state index in [0.717, 1.165) is 18.4 Å². The third-order valence-electron chi connectivity index (χ3n) is 7.79. The summed E-state index contributed by atoms with van der Waals surface area (Å²) in [6.07, 6.45) is 4.43. The number of fused-ring (bicyclic) bond motifs is 1. The lowest BCUT2D eigenvalue weighted by molar-refractivity contribution is -0.117. The van der Waals surface area contributed by atoms with Crippen molar-refractivity contribution >= 4 is 51.6 Å². The zero-order valence-corrected chi connectivity index (χ0v) is 25.5. The molecule has 0 bridgehead atoms. The fourth-order valence-electron chi connectivity index (χ4n) is 5.29. The number of nitrogens with zero attached hydrogens (tertiary/aromatic N) is 4. The molecule has 1 unspecified atom stereocenters. The molecular weight excluding hydrogens is 583 g/mol. The van der Waals surface area contributed by atoms with Crippen LogP contribution in [0.15, 0.2) is 31.0 Å². The second-order valence-electron chi connectivity index (χ2n) is 10.5. The highest BCUT2D eigenvalue weighted by Gasteiger charge is 2.36. The van der Waals surface area contributed by atoms with Gasteiger partial charge in [-0.15, -0.1) is 0 Å². The van der Waals surface area contributed by atoms with Crippen LogP contribution in [0.4, 0.5) is 11.6 Å². The SMILES string of the molecule is C=CC(=O)N[C@H]1CCOC[C@H]1Nc1cc2c(N3CCC(C)(OC)C3)nc(-c3c(Cl)c(OC)cc(OC)c3Cl)nc2cn1. The Kier molecular flexibility index (Phi) is 8.93. The number of carbonyl (C=O) groups is 1. The predicted octanol–water partition coefficient (Wildman–Crippen LogP) is 4.50. The molecule has 0 radical (unpaired) electrons. The van der Waals surface area contributed by atoms with E-state index in [1.165, 1.54) is 20.3 Å². The van der Waals surface area contributed by atoms with E-state index in [9.17, 15) is 4.79 Å². The molecule has 2 aliphatic heterocycles. The third kappa shape index (κ3) is 5.92. The summed E-state index contributed by atoms with van der Waals surface area (Å²) >= 11 is 13.5. The Morgan fingerprint density at radius 3 is 2.55 bits per heavy atom. The van der Waals surface area contributed by atoms with Crippen molar-refractivity contribution in [1.82, 2.24) is 20.3 Å². The van der Waals surface area contributed by atoms with Gasteiger partial charge in [-0.25, -0.2) is 15.0 Å². The molecule has 2 saturated heterocycles. The number of halogens is 2. The summed E-state index contributed by atoms with van der Waals surface area (Å²) in [5.41, 5.74) is 0.654. The van der Waals surface area contributed by atoms with Gasteiger partial charge >= 0.3 is 0 Å². The number of aromatic nitrogens is 3. The molecular formula is C29H34Cl2N6O5. The number of benzene rings is 1. The smallest absolute Gasteiger partial charge is 0.243 e. The predicted molar refractivity (Wildman–Crippen MR) is 163 cm³/mol. The number of methoxy groups -OCH3 is 3. The van der Waals surface area contributed by atoms with Crippen LogP contribution in [0.1, 0.15) is 19.8 Å². The minimum absolute atomic E-state index is 0.145. The molecule has 3 aromatic rings. The summed E-state index contributed by atoms with van der Waals surface area (Å²) in [6, 6.07) is 3.20. The average molecular weight is 618 g/mol. The van der Waals surface area contributed by atoms with Gasteiger partial charge in [0.15, 0.2) is 5.82 Å². The molecule has 1 amide bonds. The molecule has 2 aliphatic rings. The third-order valence-corrected chi connectivity index (χ3v) is 8.54. The summed E-state index contributed by atoms with van der Waals surface area (Å²) in [5.74, 6) is 2.14. The quantitative estimate of drug-likeness (QED) is 0.332. The molecule has 11 nitrogen and oxygen atoms in total. The Morgan fingerprint density at radius 1 is 1.17 bits per heavy atom. The fourth-order valence-corrected chi connectivity index (χ4v) is 5.96. The van der Waals surface area contributed by atoms with E-state index in [1.54, 1.807) is 19.4 Å². The van der Waals surface area contributed by atoms with E-state index in [1.807, 2.05) is 6.07 Å². The van der Waals surface area contributed by atoms with Crippen molar-refractivity contribution in [1.29, 1.82) is 0 Å². The van der Waals surface area contributed by atoms with Crippen molar-refractivity contribution < 1.29 is 23.7 Å². The molecule has 0 saturated carbocycles. The Morgan fingerprint density at radius 2 is 1.90 bits per heavy atom. The second-order valence-corrected chi connectivity index (χ2v) is 11.3. The topological polar surface area (TPSA) is 120 Å². The van der Waals surface area contributed by atoms with Crippen LogP contribution >= 0.6 is 23.2 Å². The lowest BCUT2D eigenvalue weighted by atomic mass is 10.0. The van der Waals surface area contributed by atoms with E-state index >= 15 is 0 Å². The van der Waals surface area contributed by atoms with Crippen molar-refractivity contribution in [2.24, 2.45) is 0 Å². The number of nitrogens with one attached hydrogen (secondary N) is 2. The van der Waals surface area contributed by atoms with Crippen LogP contribution < -0.4 is 25.0 Å². The van der Waals surface area contributed by atoms with Crippen molar-refractivity contribution in [3.8, 4) is 22.9 Å². The van der Waals surface area contributed by atoms with Crippen LogP contribution in [0.25, 0.3) is 22.3 Å². The highest BCUT2D eigenvalue weighted by atomic mass is 35.5. The average Bonchev–Trinajstić information content (AvgIpc) is 3.40. The Balaban J connectivity index is 1.61. The summed E-state index contributed by atoms with van der Waals surface area (Å²) in [7, 11) is 4.75. The standard InChI is InChI=1S/C29H34Cl2N6O5/c1-6-23(38)34-17-7-10-42-14-19(17)33-22-11-16-18(13-32-22)35-27(36-28(16)37-9-8-29(2,15-37)41-5)24-25(30)20(39-3)12-21(40-4)26(24)31/h6,11-13,17,19H,1,7-10,14-15H2,2-5H3,(H,32,33)(H,34,38)/t17-,19+,29?/m0/s1. The Labute approximate surface area is 254 Å². The van der Waals surface area contributed by atoms with Gasteiger partial charge in [0.2, 0.25) is 5.91 Å². The zero-order chi connectivity index (χ0) is 30.0. The maximum absolute atomic E-state index is 12.0. The first-order valence-electron chi connectivity index (χ1n) is 13.6. The molecule has 3 atom stereocenters. The molecule has 2 fully saturated rings. The number of ether oxygens (including phenoxy) is 4. The van der Waals surface area contributed by atoms with Gasteiger partial charge in [0, 0.05) is 38.3 Å². The summed E-state index contributed by atoms with van der Waals surface area (Å²) in [4.78, 5) is 28.7. The maximum Gasteiger partial charge on any atom is 0.243 e. The van der Waals surface area contributed by atoms with Crippen LogP contribution in [-0.2, 0) is 14.3 Å². The molecule has 2 aromatic heterocycles. The van der Waals surface area contributed by atoms with Crippen LogP contribution in [0.2, 0.25) is 10.0 Å². The van der Waals surface area contributed by atoms with Crippen molar-refractivity contribution in [3.63, 3.8) is 0 Å². The normalized spacial score (nSPS) is 22.2. The second kappa shape index (κ2) is 12.5. The molecule has 2 N–H and O–H groups in total. The molecule has 13 heteroatoms. The first-order valence-corrected chi connectivity index (χ1v) is 14.3. The molecule has 1 aromatic carbocycles. The van der Waals surface area contributed by atoms with E-state index in [4.69, 9.17) is 52.1 Å². The first kappa shape index (κ1) is 30.1. The molecule has 0 spiro atoms. The van der Waals surface area contributed by atoms with Gasteiger partial charge in [-0.3, -0.25) is 4.79 Å². The van der Waals surface area contributed by atoms with Gasteiger partial charge in [-0.05, 0) is 31.9 Å².